The molecule has 11 heavy (non-hydrogen) atoms. The van der Waals surface area contributed by atoms with E-state index in [0.29, 0.717) is 6.54 Å². The van der Waals surface area contributed by atoms with E-state index in [1.54, 1.807) is 0 Å². The predicted molar refractivity (Wildman–Crippen MR) is 47.1 cm³/mol. The predicted octanol–water partition coefficient (Wildman–Crippen LogP) is 1.65. The molecule has 3 N–H and O–H groups in total. The monoisotopic (exact) mass is 155 g/mol. The van der Waals surface area contributed by atoms with Crippen LogP contribution >= 0.6 is 0 Å². The molecule has 0 aromatic rings. The molecule has 3 nitrogen and oxygen atoms in total. The summed E-state index contributed by atoms with van der Waals surface area (Å²) in [5.41, 5.74) is 5.91. The zero-order valence-corrected chi connectivity index (χ0v) is 7.35. The highest BCUT2D eigenvalue weighted by molar-refractivity contribution is 5.35. The summed E-state index contributed by atoms with van der Waals surface area (Å²) in [6, 6.07) is 2.01. The van der Waals surface area contributed by atoms with E-state index < -0.39 is 0 Å². The van der Waals surface area contributed by atoms with E-state index in [4.69, 9.17) is 11.1 Å². The van der Waals surface area contributed by atoms with Gasteiger partial charge in [-0.05, 0) is 19.3 Å². The second-order valence-corrected chi connectivity index (χ2v) is 2.81. The lowest BCUT2D eigenvalue weighted by molar-refractivity contribution is 0.373. The molecule has 0 aromatic heterocycles. The number of nitrogens with one attached hydrogen (secondary N) is 1. The Labute approximate surface area is 68.2 Å². The number of rotatable bonds is 5. The molecule has 0 spiro atoms. The maximum Gasteiger partial charge on any atom is 0.0861 e. The van der Waals surface area contributed by atoms with Gasteiger partial charge in [-0.25, -0.2) is 10.4 Å². The Kier molecular flexibility index (Phi) is 4.75. The smallest absolute Gasteiger partial charge is 0.0861 e. The van der Waals surface area contributed by atoms with Gasteiger partial charge in [-0.1, -0.05) is 13.8 Å². The van der Waals surface area contributed by atoms with Crippen LogP contribution in [0.2, 0.25) is 0 Å². The van der Waals surface area contributed by atoms with Crippen LogP contribution in [0.5, 0.6) is 0 Å². The lowest BCUT2D eigenvalue weighted by Crippen LogP contribution is -2.38. The van der Waals surface area contributed by atoms with Gasteiger partial charge in [0, 0.05) is 5.54 Å². The summed E-state index contributed by atoms with van der Waals surface area (Å²) in [5.74, 6) is 0. The van der Waals surface area contributed by atoms with Crippen LogP contribution in [0.4, 0.5) is 0 Å². The molecule has 0 aliphatic heterocycles. The van der Waals surface area contributed by atoms with E-state index >= 15 is 0 Å². The molecule has 0 saturated heterocycles. The van der Waals surface area contributed by atoms with E-state index in [2.05, 4.69) is 18.8 Å². The van der Waals surface area contributed by atoms with Gasteiger partial charge in [0.2, 0.25) is 0 Å². The first kappa shape index (κ1) is 10.3. The van der Waals surface area contributed by atoms with Gasteiger partial charge in [0.15, 0.2) is 0 Å². The lowest BCUT2D eigenvalue weighted by atomic mass is 9.90. The maximum atomic E-state index is 6.57. The zero-order chi connectivity index (χ0) is 8.74. The van der Waals surface area contributed by atoms with Gasteiger partial charge in [-0.15, -0.1) is 0 Å². The molecule has 0 rings (SSSR count). The van der Waals surface area contributed by atoms with Crippen LogP contribution in [0.25, 0.3) is 0 Å². The fourth-order valence-electron chi connectivity index (χ4n) is 0.938. The summed E-state index contributed by atoms with van der Waals surface area (Å²) in [4.78, 5) is 3.69. The maximum absolute atomic E-state index is 6.57. The van der Waals surface area contributed by atoms with Crippen molar-refractivity contribution in [2.75, 3.05) is 6.54 Å². The lowest BCUT2D eigenvalue weighted by Gasteiger charge is -2.25. The Hall–Kier alpha value is -0.660. The Balaban J connectivity index is 3.77. The first-order valence-electron chi connectivity index (χ1n) is 4.05. The minimum Gasteiger partial charge on any atom is -0.325 e. The summed E-state index contributed by atoms with van der Waals surface area (Å²) in [7, 11) is 0. The standard InChI is InChI=1S/C8H17N3/c1-3-8(10,4-2)5-6-11-7-9/h9H,3-6,10H2,1-2H3. The highest BCUT2D eigenvalue weighted by atomic mass is 14.8. The minimum absolute atomic E-state index is 0.0830. The summed E-state index contributed by atoms with van der Waals surface area (Å²) in [6.07, 6.45) is 2.79. The van der Waals surface area contributed by atoms with E-state index in [1.165, 1.54) is 0 Å². The Morgan fingerprint density at radius 1 is 1.45 bits per heavy atom. The summed E-state index contributed by atoms with van der Waals surface area (Å²) >= 11 is 0. The third kappa shape index (κ3) is 3.91. The second kappa shape index (κ2) is 5.05. The third-order valence-electron chi connectivity index (χ3n) is 2.21. The van der Waals surface area contributed by atoms with Crippen molar-refractivity contribution in [2.24, 2.45) is 10.7 Å². The Morgan fingerprint density at radius 3 is 2.36 bits per heavy atom. The van der Waals surface area contributed by atoms with Gasteiger partial charge in [-0.2, -0.15) is 0 Å². The Morgan fingerprint density at radius 2 is 2.00 bits per heavy atom. The normalized spacial score (nSPS) is 10.8. The van der Waals surface area contributed by atoms with Crippen LogP contribution in [-0.2, 0) is 0 Å². The average Bonchev–Trinajstić information content (AvgIpc) is 2.05. The molecule has 0 atom stereocenters. The summed E-state index contributed by atoms with van der Waals surface area (Å²) in [6.45, 7) is 4.79. The minimum atomic E-state index is -0.0830. The van der Waals surface area contributed by atoms with Crippen molar-refractivity contribution < 1.29 is 0 Å². The molecule has 3 heteroatoms. The fourth-order valence-corrected chi connectivity index (χ4v) is 0.938. The van der Waals surface area contributed by atoms with Crippen molar-refractivity contribution in [2.45, 2.75) is 38.6 Å². The van der Waals surface area contributed by atoms with Crippen molar-refractivity contribution in [3.63, 3.8) is 0 Å². The van der Waals surface area contributed by atoms with Crippen LogP contribution < -0.4 is 5.73 Å². The van der Waals surface area contributed by atoms with Gasteiger partial charge in [-0.3, -0.25) is 0 Å². The van der Waals surface area contributed by atoms with E-state index in [-0.39, 0.29) is 5.54 Å². The molecular weight excluding hydrogens is 138 g/mol. The number of nitrogens with zero attached hydrogens (tertiary/aromatic N) is 1. The molecule has 0 saturated carbocycles. The van der Waals surface area contributed by atoms with Gasteiger partial charge >= 0.3 is 0 Å². The van der Waals surface area contributed by atoms with Crippen molar-refractivity contribution in [3.05, 3.63) is 0 Å². The van der Waals surface area contributed by atoms with Gasteiger partial charge in [0.1, 0.15) is 0 Å². The quantitative estimate of drug-likeness (QED) is 0.582. The van der Waals surface area contributed by atoms with Crippen LogP contribution in [0.15, 0.2) is 4.99 Å². The molecule has 0 bridgehead atoms. The SMILES string of the molecule is CCC(N)(CC)CCN=C=N. The highest BCUT2D eigenvalue weighted by Gasteiger charge is 2.18. The molecule has 0 fully saturated rings. The molecule has 0 unspecified atom stereocenters. The van der Waals surface area contributed by atoms with Crippen LogP contribution in [-0.4, -0.2) is 18.1 Å². The highest BCUT2D eigenvalue weighted by Crippen LogP contribution is 2.15. The van der Waals surface area contributed by atoms with Crippen LogP contribution in [0.3, 0.4) is 0 Å². The van der Waals surface area contributed by atoms with Crippen molar-refractivity contribution in [3.8, 4) is 0 Å². The van der Waals surface area contributed by atoms with Crippen molar-refractivity contribution in [1.82, 2.24) is 0 Å². The number of aliphatic imine (C=N–C) groups is 1. The van der Waals surface area contributed by atoms with Gasteiger partial charge < -0.3 is 5.73 Å². The van der Waals surface area contributed by atoms with Crippen LogP contribution in [0.1, 0.15) is 33.1 Å². The van der Waals surface area contributed by atoms with E-state index in [0.717, 1.165) is 19.3 Å². The number of nitrogens with two attached hydrogens (primary N) is 1. The molecule has 0 heterocycles. The number of hydrogen-bond acceptors (Lipinski definition) is 3. The number of hydrogen-bond donors (Lipinski definition) is 2. The van der Waals surface area contributed by atoms with E-state index in [9.17, 15) is 0 Å². The molecule has 0 aromatic carbocycles. The Bertz CT molecular complexity index is 143. The van der Waals surface area contributed by atoms with Gasteiger partial charge in [0.05, 0.1) is 12.6 Å². The third-order valence-corrected chi connectivity index (χ3v) is 2.21. The zero-order valence-electron chi connectivity index (χ0n) is 7.35. The summed E-state index contributed by atoms with van der Waals surface area (Å²) in [5, 5.41) is 6.57. The average molecular weight is 155 g/mol. The molecule has 0 aliphatic rings. The van der Waals surface area contributed by atoms with Crippen LogP contribution in [0, 0.1) is 5.41 Å². The summed E-state index contributed by atoms with van der Waals surface area (Å²) < 4.78 is 0. The first-order chi connectivity index (χ1) is 5.18. The molecule has 0 aliphatic carbocycles. The molecule has 64 valence electrons. The molecule has 0 amide bonds. The van der Waals surface area contributed by atoms with Crippen molar-refractivity contribution in [1.29, 1.82) is 5.41 Å². The second-order valence-electron chi connectivity index (χ2n) is 2.81. The topological polar surface area (TPSA) is 62.2 Å². The fraction of sp³-hybridized carbons (Fsp3) is 0.875. The van der Waals surface area contributed by atoms with E-state index in [1.807, 2.05) is 6.01 Å². The molecule has 0 radical (unpaired) electrons. The largest absolute Gasteiger partial charge is 0.325 e. The first-order valence-corrected chi connectivity index (χ1v) is 4.05. The van der Waals surface area contributed by atoms with Gasteiger partial charge in [0.25, 0.3) is 0 Å². The van der Waals surface area contributed by atoms with Crippen molar-refractivity contribution >= 4 is 6.01 Å². The molecular formula is C8H17N3.